The zero-order valence-electron chi connectivity index (χ0n) is 17.0. The van der Waals surface area contributed by atoms with Gasteiger partial charge in [0.15, 0.2) is 10.4 Å². The number of hydrogen-bond donors (Lipinski definition) is 0. The molecule has 7 nitrogen and oxygen atoms in total. The number of aryl methyl sites for hydroxylation is 2. The summed E-state index contributed by atoms with van der Waals surface area (Å²) in [4.78, 5) is 29.0. The number of halogens is 1. The molecule has 0 saturated carbocycles. The lowest BCUT2D eigenvalue weighted by molar-refractivity contribution is 0.0733. The highest BCUT2D eigenvalue weighted by molar-refractivity contribution is 9.10. The Morgan fingerprint density at radius 1 is 1.00 bits per heavy atom. The number of anilines is 1. The van der Waals surface area contributed by atoms with Crippen molar-refractivity contribution in [2.24, 2.45) is 0 Å². The lowest BCUT2D eigenvalue weighted by Crippen LogP contribution is -2.35. The number of benzene rings is 1. The molecule has 1 aliphatic rings. The molecule has 0 unspecified atom stereocenters. The molecule has 1 aliphatic heterocycles. The Morgan fingerprint density at radius 2 is 1.83 bits per heavy atom. The van der Waals surface area contributed by atoms with Crippen molar-refractivity contribution in [3.05, 3.63) is 74.4 Å². The molecule has 1 fully saturated rings. The van der Waals surface area contributed by atoms with Gasteiger partial charge in [-0.3, -0.25) is 9.59 Å². The number of carbonyl (C=O) groups is 1. The molecule has 30 heavy (non-hydrogen) atoms. The molecule has 0 spiro atoms. The third-order valence-corrected chi connectivity index (χ3v) is 5.84. The van der Waals surface area contributed by atoms with Crippen LogP contribution in [0.2, 0.25) is 0 Å². The number of aromatic nitrogens is 2. The largest absolute Gasteiger partial charge is 0.444 e. The van der Waals surface area contributed by atoms with Gasteiger partial charge in [-0.25, -0.2) is 0 Å². The first kappa shape index (κ1) is 20.4. The van der Waals surface area contributed by atoms with E-state index in [1.807, 2.05) is 32.0 Å². The van der Waals surface area contributed by atoms with Crippen LogP contribution in [-0.2, 0) is 0 Å². The molecular formula is C22H23BrN4O3. The van der Waals surface area contributed by atoms with Crippen LogP contribution in [-0.4, -0.2) is 46.8 Å². The van der Waals surface area contributed by atoms with Gasteiger partial charge in [0.25, 0.3) is 11.5 Å². The van der Waals surface area contributed by atoms with Gasteiger partial charge in [0.2, 0.25) is 0 Å². The molecule has 8 heteroatoms. The second-order valence-corrected chi connectivity index (χ2v) is 8.23. The highest BCUT2D eigenvalue weighted by Crippen LogP contribution is 2.19. The number of rotatable bonds is 3. The van der Waals surface area contributed by atoms with Crippen LogP contribution in [0, 0.1) is 13.8 Å². The Kier molecular flexibility index (Phi) is 5.76. The van der Waals surface area contributed by atoms with E-state index in [9.17, 15) is 9.59 Å². The number of amides is 1. The van der Waals surface area contributed by atoms with Crippen molar-refractivity contribution in [2.45, 2.75) is 20.3 Å². The fourth-order valence-corrected chi connectivity index (χ4v) is 3.85. The van der Waals surface area contributed by atoms with E-state index in [1.54, 1.807) is 29.2 Å². The van der Waals surface area contributed by atoms with Crippen LogP contribution in [0.4, 0.5) is 5.82 Å². The molecule has 0 N–H and O–H groups in total. The van der Waals surface area contributed by atoms with Crippen LogP contribution < -0.4 is 10.5 Å². The van der Waals surface area contributed by atoms with Crippen LogP contribution in [0.5, 0.6) is 0 Å². The summed E-state index contributed by atoms with van der Waals surface area (Å²) in [6.07, 6.45) is 0.804. The van der Waals surface area contributed by atoms with Crippen LogP contribution >= 0.6 is 15.9 Å². The molecule has 3 heterocycles. The van der Waals surface area contributed by atoms with Gasteiger partial charge >= 0.3 is 0 Å². The fourth-order valence-electron chi connectivity index (χ4n) is 3.55. The van der Waals surface area contributed by atoms with Crippen LogP contribution in [0.3, 0.4) is 0 Å². The van der Waals surface area contributed by atoms with E-state index < -0.39 is 0 Å². The van der Waals surface area contributed by atoms with Gasteiger partial charge in [-0.15, -0.1) is 5.10 Å². The van der Waals surface area contributed by atoms with Gasteiger partial charge in [-0.05, 0) is 77.7 Å². The third-order valence-electron chi connectivity index (χ3n) is 5.41. The molecule has 1 amide bonds. The summed E-state index contributed by atoms with van der Waals surface area (Å²) in [5.74, 6) is 0.940. The smallest absolute Gasteiger partial charge is 0.289 e. The molecule has 2 aromatic heterocycles. The van der Waals surface area contributed by atoms with Crippen molar-refractivity contribution in [3.63, 3.8) is 0 Å². The third kappa shape index (κ3) is 4.18. The highest BCUT2D eigenvalue weighted by Gasteiger charge is 2.23. The van der Waals surface area contributed by atoms with E-state index in [-0.39, 0.29) is 11.5 Å². The van der Waals surface area contributed by atoms with Gasteiger partial charge in [-0.1, -0.05) is 6.07 Å². The second kappa shape index (κ2) is 8.47. The quantitative estimate of drug-likeness (QED) is 0.585. The maximum atomic E-state index is 12.7. The fraction of sp³-hybridized carbons (Fsp3) is 0.318. The van der Waals surface area contributed by atoms with E-state index in [0.717, 1.165) is 30.0 Å². The first-order valence-corrected chi connectivity index (χ1v) is 10.7. The van der Waals surface area contributed by atoms with Crippen molar-refractivity contribution < 1.29 is 9.21 Å². The Hall–Kier alpha value is -2.87. The lowest BCUT2D eigenvalue weighted by Gasteiger charge is -2.23. The maximum Gasteiger partial charge on any atom is 0.289 e. The Labute approximate surface area is 183 Å². The molecular weight excluding hydrogens is 448 g/mol. The summed E-state index contributed by atoms with van der Waals surface area (Å²) in [5.41, 5.74) is 2.86. The molecule has 4 rings (SSSR count). The maximum absolute atomic E-state index is 12.7. The molecule has 1 saturated heterocycles. The first-order chi connectivity index (χ1) is 14.4. The topological polar surface area (TPSA) is 71.6 Å². The van der Waals surface area contributed by atoms with Gasteiger partial charge in [0, 0.05) is 32.2 Å². The van der Waals surface area contributed by atoms with E-state index in [1.165, 1.54) is 10.2 Å². The number of nitrogens with zero attached hydrogens (tertiary/aromatic N) is 4. The predicted octanol–water partition coefficient (Wildman–Crippen LogP) is 3.56. The summed E-state index contributed by atoms with van der Waals surface area (Å²) >= 11 is 3.24. The van der Waals surface area contributed by atoms with Gasteiger partial charge in [0.1, 0.15) is 5.82 Å². The zero-order chi connectivity index (χ0) is 21.3. The van der Waals surface area contributed by atoms with E-state index in [4.69, 9.17) is 4.42 Å². The molecule has 156 valence electrons. The number of hydrogen-bond acceptors (Lipinski definition) is 5. The van der Waals surface area contributed by atoms with Crippen LogP contribution in [0.25, 0.3) is 5.69 Å². The standard InChI is InChI=1S/C22H23BrN4O3/c1-15-4-5-17(14-16(15)2)27-21(28)9-8-20(24-27)25-10-3-11-26(13-12-25)22(29)18-6-7-19(23)30-18/h4-9,14H,3,10-13H2,1-2H3. The average molecular weight is 471 g/mol. The first-order valence-electron chi connectivity index (χ1n) is 9.90. The number of carbonyl (C=O) groups excluding carboxylic acids is 1. The zero-order valence-corrected chi connectivity index (χ0v) is 18.6. The Balaban J connectivity index is 1.54. The van der Waals surface area contributed by atoms with Crippen molar-refractivity contribution in [2.75, 3.05) is 31.1 Å². The minimum absolute atomic E-state index is 0.115. The van der Waals surface area contributed by atoms with Crippen molar-refractivity contribution in [1.29, 1.82) is 0 Å². The monoisotopic (exact) mass is 470 g/mol. The van der Waals surface area contributed by atoms with Gasteiger partial charge in [0.05, 0.1) is 5.69 Å². The summed E-state index contributed by atoms with van der Waals surface area (Å²) in [5, 5.41) is 4.61. The highest BCUT2D eigenvalue weighted by atomic mass is 79.9. The minimum Gasteiger partial charge on any atom is -0.444 e. The molecule has 0 bridgehead atoms. The summed E-state index contributed by atoms with van der Waals surface area (Å²) in [6, 6.07) is 12.6. The van der Waals surface area contributed by atoms with Crippen LogP contribution in [0.1, 0.15) is 28.1 Å². The van der Waals surface area contributed by atoms with Crippen molar-refractivity contribution in [1.82, 2.24) is 14.7 Å². The van der Waals surface area contributed by atoms with E-state index in [0.29, 0.717) is 30.1 Å². The molecule has 0 aliphatic carbocycles. The van der Waals surface area contributed by atoms with Gasteiger partial charge in [-0.2, -0.15) is 4.68 Å². The Bertz CT molecular complexity index is 1140. The molecule has 0 atom stereocenters. The molecule has 3 aromatic rings. The summed E-state index contributed by atoms with van der Waals surface area (Å²) in [6.45, 7) is 6.64. The molecule has 1 aromatic carbocycles. The average Bonchev–Trinajstić information content (AvgIpc) is 3.02. The predicted molar refractivity (Wildman–Crippen MR) is 118 cm³/mol. The van der Waals surface area contributed by atoms with Crippen molar-refractivity contribution >= 4 is 27.7 Å². The lowest BCUT2D eigenvalue weighted by atomic mass is 10.1. The van der Waals surface area contributed by atoms with Crippen LogP contribution in [0.15, 0.2) is 56.3 Å². The summed E-state index contributed by atoms with van der Waals surface area (Å²) < 4.78 is 7.39. The SMILES string of the molecule is Cc1ccc(-n2nc(N3CCCN(C(=O)c4ccc(Br)o4)CC3)ccc2=O)cc1C. The summed E-state index contributed by atoms with van der Waals surface area (Å²) in [7, 11) is 0. The van der Waals surface area contributed by atoms with E-state index in [2.05, 4.69) is 25.9 Å². The number of furan rings is 1. The normalized spacial score (nSPS) is 14.6. The Morgan fingerprint density at radius 3 is 2.57 bits per heavy atom. The molecule has 0 radical (unpaired) electrons. The van der Waals surface area contributed by atoms with Gasteiger partial charge < -0.3 is 14.2 Å². The minimum atomic E-state index is -0.169. The van der Waals surface area contributed by atoms with E-state index >= 15 is 0 Å². The van der Waals surface area contributed by atoms with Crippen molar-refractivity contribution in [3.8, 4) is 5.69 Å². The second-order valence-electron chi connectivity index (χ2n) is 7.45.